The molecule has 1 atom stereocenters. The average Bonchev–Trinajstić information content (AvgIpc) is 3.02. The van der Waals surface area contributed by atoms with Crippen LogP contribution in [0.3, 0.4) is 0 Å². The van der Waals surface area contributed by atoms with Gasteiger partial charge in [0.1, 0.15) is 0 Å². The lowest BCUT2D eigenvalue weighted by Gasteiger charge is -2.13. The van der Waals surface area contributed by atoms with Crippen molar-refractivity contribution in [3.8, 4) is 0 Å². The van der Waals surface area contributed by atoms with Crippen LogP contribution in [0.1, 0.15) is 25.3 Å². The summed E-state index contributed by atoms with van der Waals surface area (Å²) in [6.07, 6.45) is 2.76. The molecule has 1 unspecified atom stereocenters. The Kier molecular flexibility index (Phi) is 3.70. The first-order valence-corrected chi connectivity index (χ1v) is 6.51. The van der Waals surface area contributed by atoms with Crippen LogP contribution in [-0.2, 0) is 6.54 Å². The van der Waals surface area contributed by atoms with Gasteiger partial charge in [-0.1, -0.05) is 27.5 Å². The van der Waals surface area contributed by atoms with E-state index in [0.29, 0.717) is 6.04 Å². The van der Waals surface area contributed by atoms with Crippen LogP contribution >= 0.6 is 27.5 Å². The van der Waals surface area contributed by atoms with Crippen molar-refractivity contribution in [2.75, 3.05) is 0 Å². The minimum Gasteiger partial charge on any atom is -0.310 e. The lowest BCUT2D eigenvalue weighted by atomic mass is 10.2. The van der Waals surface area contributed by atoms with Crippen LogP contribution in [0.4, 0.5) is 0 Å². The molecule has 1 aromatic carbocycles. The molecular weight excluding hydrogens is 273 g/mol. The molecule has 1 fully saturated rings. The van der Waals surface area contributed by atoms with Gasteiger partial charge in [0.2, 0.25) is 0 Å². The fourth-order valence-electron chi connectivity index (χ4n) is 1.71. The summed E-state index contributed by atoms with van der Waals surface area (Å²) in [6, 6.07) is 6.54. The van der Waals surface area contributed by atoms with Crippen LogP contribution in [0.15, 0.2) is 22.7 Å². The largest absolute Gasteiger partial charge is 0.310 e. The van der Waals surface area contributed by atoms with Gasteiger partial charge in [-0.05, 0) is 49.4 Å². The zero-order valence-electron chi connectivity index (χ0n) is 8.76. The number of hydrogen-bond donors (Lipinski definition) is 1. The van der Waals surface area contributed by atoms with Crippen molar-refractivity contribution in [2.45, 2.75) is 32.4 Å². The number of nitrogens with one attached hydrogen (secondary N) is 1. The van der Waals surface area contributed by atoms with Crippen molar-refractivity contribution in [3.63, 3.8) is 0 Å². The third kappa shape index (κ3) is 3.20. The van der Waals surface area contributed by atoms with Gasteiger partial charge in [0.05, 0.1) is 0 Å². The highest BCUT2D eigenvalue weighted by atomic mass is 79.9. The van der Waals surface area contributed by atoms with E-state index in [-0.39, 0.29) is 0 Å². The molecule has 1 saturated carbocycles. The van der Waals surface area contributed by atoms with Gasteiger partial charge in [-0.15, -0.1) is 0 Å². The number of rotatable bonds is 4. The lowest BCUT2D eigenvalue weighted by Crippen LogP contribution is -2.27. The number of benzene rings is 1. The van der Waals surface area contributed by atoms with Crippen molar-refractivity contribution in [1.29, 1.82) is 0 Å². The SMILES string of the molecule is CC(NCc1cc(Cl)ccc1Br)C1CC1. The van der Waals surface area contributed by atoms with Crippen LogP contribution < -0.4 is 5.32 Å². The molecule has 15 heavy (non-hydrogen) atoms. The molecule has 0 aliphatic heterocycles. The Morgan fingerprint density at radius 1 is 1.53 bits per heavy atom. The minimum atomic E-state index is 0.621. The van der Waals surface area contributed by atoms with Gasteiger partial charge in [-0.3, -0.25) is 0 Å². The molecule has 1 aliphatic rings. The van der Waals surface area contributed by atoms with Gasteiger partial charge < -0.3 is 5.32 Å². The Bertz CT molecular complexity index is 349. The van der Waals surface area contributed by atoms with E-state index < -0.39 is 0 Å². The first kappa shape index (κ1) is 11.4. The highest BCUT2D eigenvalue weighted by Gasteiger charge is 2.27. The van der Waals surface area contributed by atoms with Crippen molar-refractivity contribution < 1.29 is 0 Å². The standard InChI is InChI=1S/C12H15BrClN/c1-8(9-2-3-9)15-7-10-6-11(14)4-5-12(10)13/h4-6,8-9,15H,2-3,7H2,1H3. The maximum atomic E-state index is 5.96. The summed E-state index contributed by atoms with van der Waals surface area (Å²) in [6.45, 7) is 3.15. The van der Waals surface area contributed by atoms with E-state index in [0.717, 1.165) is 22.0 Å². The minimum absolute atomic E-state index is 0.621. The van der Waals surface area contributed by atoms with Gasteiger partial charge in [0.25, 0.3) is 0 Å². The van der Waals surface area contributed by atoms with Crippen molar-refractivity contribution in [3.05, 3.63) is 33.3 Å². The first-order chi connectivity index (χ1) is 7.16. The third-order valence-corrected chi connectivity index (χ3v) is 3.96. The fourth-order valence-corrected chi connectivity index (χ4v) is 2.29. The topological polar surface area (TPSA) is 12.0 Å². The van der Waals surface area contributed by atoms with Crippen LogP contribution in [0, 0.1) is 5.92 Å². The van der Waals surface area contributed by atoms with Crippen LogP contribution in [0.2, 0.25) is 5.02 Å². The van der Waals surface area contributed by atoms with E-state index >= 15 is 0 Å². The molecule has 1 nitrogen and oxygen atoms in total. The monoisotopic (exact) mass is 287 g/mol. The molecule has 0 amide bonds. The molecule has 3 heteroatoms. The predicted molar refractivity (Wildman–Crippen MR) is 68.2 cm³/mol. The summed E-state index contributed by atoms with van der Waals surface area (Å²) in [7, 11) is 0. The second kappa shape index (κ2) is 4.86. The molecule has 0 radical (unpaired) electrons. The zero-order valence-corrected chi connectivity index (χ0v) is 11.1. The molecule has 0 aromatic heterocycles. The Morgan fingerprint density at radius 2 is 2.27 bits per heavy atom. The van der Waals surface area contributed by atoms with E-state index in [1.807, 2.05) is 18.2 Å². The maximum Gasteiger partial charge on any atom is 0.0410 e. The molecule has 1 aromatic rings. The summed E-state index contributed by atoms with van der Waals surface area (Å²) >= 11 is 9.49. The van der Waals surface area contributed by atoms with Crippen LogP contribution in [0.25, 0.3) is 0 Å². The summed E-state index contributed by atoms with van der Waals surface area (Å²) in [5.41, 5.74) is 1.23. The smallest absolute Gasteiger partial charge is 0.0410 e. The van der Waals surface area contributed by atoms with E-state index in [1.54, 1.807) is 0 Å². The normalized spacial score (nSPS) is 17.8. The Hall–Kier alpha value is -0.0500. The molecule has 1 aliphatic carbocycles. The quantitative estimate of drug-likeness (QED) is 0.883. The highest BCUT2D eigenvalue weighted by Crippen LogP contribution is 2.32. The molecule has 0 spiro atoms. The van der Waals surface area contributed by atoms with Crippen LogP contribution in [-0.4, -0.2) is 6.04 Å². The number of halogens is 2. The van der Waals surface area contributed by atoms with Gasteiger partial charge in [-0.2, -0.15) is 0 Å². The van der Waals surface area contributed by atoms with E-state index in [4.69, 9.17) is 11.6 Å². The molecular formula is C12H15BrClN. The number of hydrogen-bond acceptors (Lipinski definition) is 1. The molecule has 0 bridgehead atoms. The van der Waals surface area contributed by atoms with Gasteiger partial charge >= 0.3 is 0 Å². The Morgan fingerprint density at radius 3 is 2.93 bits per heavy atom. The Balaban J connectivity index is 1.94. The summed E-state index contributed by atoms with van der Waals surface area (Å²) in [5.74, 6) is 0.892. The zero-order chi connectivity index (χ0) is 10.8. The van der Waals surface area contributed by atoms with Gasteiger partial charge in [0, 0.05) is 22.1 Å². The average molecular weight is 289 g/mol. The van der Waals surface area contributed by atoms with E-state index in [9.17, 15) is 0 Å². The van der Waals surface area contributed by atoms with E-state index in [2.05, 4.69) is 28.2 Å². The van der Waals surface area contributed by atoms with Crippen molar-refractivity contribution in [2.24, 2.45) is 5.92 Å². The molecule has 0 saturated heterocycles. The van der Waals surface area contributed by atoms with Gasteiger partial charge in [-0.25, -0.2) is 0 Å². The van der Waals surface area contributed by atoms with Crippen molar-refractivity contribution >= 4 is 27.5 Å². The summed E-state index contributed by atoms with van der Waals surface area (Å²) in [4.78, 5) is 0. The van der Waals surface area contributed by atoms with Gasteiger partial charge in [0.15, 0.2) is 0 Å². The molecule has 0 heterocycles. The van der Waals surface area contributed by atoms with Crippen molar-refractivity contribution in [1.82, 2.24) is 5.32 Å². The van der Waals surface area contributed by atoms with Crippen LogP contribution in [0.5, 0.6) is 0 Å². The first-order valence-electron chi connectivity index (χ1n) is 5.34. The Labute approximate surface area is 104 Å². The molecule has 2 rings (SSSR count). The second-order valence-corrected chi connectivity index (χ2v) is 5.53. The fraction of sp³-hybridized carbons (Fsp3) is 0.500. The lowest BCUT2D eigenvalue weighted by molar-refractivity contribution is 0.495. The summed E-state index contributed by atoms with van der Waals surface area (Å²) < 4.78 is 1.13. The molecule has 1 N–H and O–H groups in total. The second-order valence-electron chi connectivity index (χ2n) is 4.24. The predicted octanol–water partition coefficient (Wildman–Crippen LogP) is 3.99. The molecule has 82 valence electrons. The summed E-state index contributed by atoms with van der Waals surface area (Å²) in [5, 5.41) is 4.34. The van der Waals surface area contributed by atoms with E-state index in [1.165, 1.54) is 18.4 Å². The third-order valence-electron chi connectivity index (χ3n) is 2.95. The maximum absolute atomic E-state index is 5.96. The highest BCUT2D eigenvalue weighted by molar-refractivity contribution is 9.10.